The van der Waals surface area contributed by atoms with Crippen molar-refractivity contribution >= 4 is 23.2 Å². The number of nitrogens with one attached hydrogen (secondary N) is 2. The molecule has 2 aromatic carbocycles. The van der Waals surface area contributed by atoms with Crippen molar-refractivity contribution < 1.29 is 14.3 Å². The minimum atomic E-state index is -0.240. The molecule has 0 saturated heterocycles. The van der Waals surface area contributed by atoms with Crippen LogP contribution in [-0.2, 0) is 16.1 Å². The third-order valence-electron chi connectivity index (χ3n) is 3.65. The number of ether oxygens (including phenoxy) is 1. The minimum absolute atomic E-state index is 0.0120. The SMILES string of the molecule is COCC(=O)Nc1ccc(NC(=O)c2ccc(Cn3cnnn3)cc2)cc1. The lowest BCUT2D eigenvalue weighted by molar-refractivity contribution is -0.119. The molecule has 2 amide bonds. The van der Waals surface area contributed by atoms with E-state index in [0.717, 1.165) is 5.56 Å². The predicted octanol–water partition coefficient (Wildman–Crippen LogP) is 1.56. The summed E-state index contributed by atoms with van der Waals surface area (Å²) in [5.41, 5.74) is 2.77. The van der Waals surface area contributed by atoms with E-state index in [1.165, 1.54) is 13.4 Å². The number of benzene rings is 2. The minimum Gasteiger partial charge on any atom is -0.375 e. The van der Waals surface area contributed by atoms with Gasteiger partial charge in [-0.15, -0.1) is 5.10 Å². The first-order chi connectivity index (χ1) is 13.1. The molecule has 3 aromatic rings. The third kappa shape index (κ3) is 5.19. The van der Waals surface area contributed by atoms with Gasteiger partial charge in [-0.1, -0.05) is 12.1 Å². The summed E-state index contributed by atoms with van der Waals surface area (Å²) in [6.45, 7) is 0.521. The second-order valence-corrected chi connectivity index (χ2v) is 5.72. The first-order valence-corrected chi connectivity index (χ1v) is 8.14. The maximum absolute atomic E-state index is 12.4. The van der Waals surface area contributed by atoms with Gasteiger partial charge in [0.25, 0.3) is 5.91 Å². The number of hydrogen-bond acceptors (Lipinski definition) is 6. The molecule has 0 aliphatic rings. The molecule has 9 nitrogen and oxygen atoms in total. The van der Waals surface area contributed by atoms with Crippen LogP contribution in [0, 0.1) is 0 Å². The molecule has 9 heteroatoms. The number of rotatable bonds is 7. The van der Waals surface area contributed by atoms with Crippen molar-refractivity contribution in [3.05, 3.63) is 66.0 Å². The van der Waals surface area contributed by atoms with Crippen LogP contribution in [0.2, 0.25) is 0 Å². The summed E-state index contributed by atoms with van der Waals surface area (Å²) < 4.78 is 6.36. The molecule has 3 rings (SSSR count). The number of methoxy groups -OCH3 is 1. The van der Waals surface area contributed by atoms with Crippen molar-refractivity contribution in [2.45, 2.75) is 6.54 Å². The summed E-state index contributed by atoms with van der Waals surface area (Å²) >= 11 is 0. The molecule has 0 unspecified atom stereocenters. The van der Waals surface area contributed by atoms with E-state index in [-0.39, 0.29) is 18.4 Å². The van der Waals surface area contributed by atoms with Crippen LogP contribution < -0.4 is 10.6 Å². The van der Waals surface area contributed by atoms with Gasteiger partial charge in [0, 0.05) is 24.0 Å². The quantitative estimate of drug-likeness (QED) is 0.656. The van der Waals surface area contributed by atoms with E-state index in [2.05, 4.69) is 26.2 Å². The summed E-state index contributed by atoms with van der Waals surface area (Å²) in [5.74, 6) is -0.462. The molecule has 0 aliphatic carbocycles. The number of carbonyl (C=O) groups is 2. The summed E-state index contributed by atoms with van der Waals surface area (Å²) in [6.07, 6.45) is 1.53. The lowest BCUT2D eigenvalue weighted by Gasteiger charge is -2.08. The van der Waals surface area contributed by atoms with Gasteiger partial charge in [0.15, 0.2) is 0 Å². The Morgan fingerprint density at radius 2 is 1.67 bits per heavy atom. The van der Waals surface area contributed by atoms with Crippen LogP contribution in [0.3, 0.4) is 0 Å². The van der Waals surface area contributed by atoms with Gasteiger partial charge in [0.05, 0.1) is 6.54 Å². The zero-order valence-corrected chi connectivity index (χ0v) is 14.6. The molecule has 0 atom stereocenters. The van der Waals surface area contributed by atoms with Crippen LogP contribution in [0.15, 0.2) is 54.9 Å². The second-order valence-electron chi connectivity index (χ2n) is 5.72. The lowest BCUT2D eigenvalue weighted by atomic mass is 10.1. The molecule has 0 bridgehead atoms. The lowest BCUT2D eigenvalue weighted by Crippen LogP contribution is -2.17. The van der Waals surface area contributed by atoms with Crippen LogP contribution in [0.4, 0.5) is 11.4 Å². The largest absolute Gasteiger partial charge is 0.375 e. The molecule has 0 radical (unpaired) electrons. The Labute approximate surface area is 155 Å². The van der Waals surface area contributed by atoms with E-state index in [4.69, 9.17) is 4.74 Å². The molecule has 27 heavy (non-hydrogen) atoms. The van der Waals surface area contributed by atoms with Gasteiger partial charge in [0.2, 0.25) is 5.91 Å². The standard InChI is InChI=1S/C18H18N6O3/c1-27-11-17(25)20-15-6-8-16(9-7-15)21-18(26)14-4-2-13(3-5-14)10-24-12-19-22-23-24/h2-9,12H,10-11H2,1H3,(H,20,25)(H,21,26). The highest BCUT2D eigenvalue weighted by Crippen LogP contribution is 2.15. The fourth-order valence-corrected chi connectivity index (χ4v) is 2.37. The number of carbonyl (C=O) groups excluding carboxylic acids is 2. The average Bonchev–Trinajstić information content (AvgIpc) is 3.17. The van der Waals surface area contributed by atoms with E-state index in [9.17, 15) is 9.59 Å². The molecule has 2 N–H and O–H groups in total. The summed E-state index contributed by atoms with van der Waals surface area (Å²) in [5, 5.41) is 16.5. The zero-order valence-electron chi connectivity index (χ0n) is 14.6. The Morgan fingerprint density at radius 1 is 1.00 bits per heavy atom. The van der Waals surface area contributed by atoms with Crippen molar-refractivity contribution in [3.63, 3.8) is 0 Å². The van der Waals surface area contributed by atoms with Gasteiger partial charge in [-0.05, 0) is 52.4 Å². The Morgan fingerprint density at radius 3 is 2.26 bits per heavy atom. The number of nitrogens with zero attached hydrogens (tertiary/aromatic N) is 4. The Hall–Kier alpha value is -3.59. The first kappa shape index (κ1) is 18.2. The van der Waals surface area contributed by atoms with E-state index >= 15 is 0 Å². The number of amides is 2. The van der Waals surface area contributed by atoms with Crippen LogP contribution in [-0.4, -0.2) is 45.7 Å². The number of anilines is 2. The summed E-state index contributed by atoms with van der Waals surface area (Å²) in [4.78, 5) is 23.8. The predicted molar refractivity (Wildman–Crippen MR) is 98.3 cm³/mol. The zero-order chi connectivity index (χ0) is 19.1. The van der Waals surface area contributed by atoms with Gasteiger partial charge in [-0.3, -0.25) is 9.59 Å². The third-order valence-corrected chi connectivity index (χ3v) is 3.65. The Balaban J connectivity index is 1.57. The van der Waals surface area contributed by atoms with E-state index in [1.54, 1.807) is 41.1 Å². The van der Waals surface area contributed by atoms with Crippen molar-refractivity contribution in [2.75, 3.05) is 24.4 Å². The van der Waals surface area contributed by atoms with Crippen molar-refractivity contribution in [2.24, 2.45) is 0 Å². The van der Waals surface area contributed by atoms with Crippen LogP contribution in [0.1, 0.15) is 15.9 Å². The molecule has 138 valence electrons. The van der Waals surface area contributed by atoms with E-state index < -0.39 is 0 Å². The fourth-order valence-electron chi connectivity index (χ4n) is 2.37. The Kier molecular flexibility index (Phi) is 5.85. The monoisotopic (exact) mass is 366 g/mol. The normalized spacial score (nSPS) is 10.4. The molecule has 0 saturated carbocycles. The van der Waals surface area contributed by atoms with Crippen molar-refractivity contribution in [1.82, 2.24) is 20.2 Å². The molecule has 0 spiro atoms. The molecule has 0 fully saturated rings. The summed E-state index contributed by atoms with van der Waals surface area (Å²) in [7, 11) is 1.45. The van der Waals surface area contributed by atoms with Gasteiger partial charge in [-0.2, -0.15) is 0 Å². The number of aromatic nitrogens is 4. The highest BCUT2D eigenvalue weighted by atomic mass is 16.5. The fraction of sp³-hybridized carbons (Fsp3) is 0.167. The highest BCUT2D eigenvalue weighted by molar-refractivity contribution is 6.04. The van der Waals surface area contributed by atoms with Gasteiger partial charge < -0.3 is 15.4 Å². The van der Waals surface area contributed by atoms with E-state index in [1.807, 2.05) is 12.1 Å². The molecular formula is C18H18N6O3. The molecule has 1 aromatic heterocycles. The Bertz CT molecular complexity index is 892. The van der Waals surface area contributed by atoms with E-state index in [0.29, 0.717) is 23.5 Å². The topological polar surface area (TPSA) is 111 Å². The van der Waals surface area contributed by atoms with Crippen LogP contribution in [0.5, 0.6) is 0 Å². The maximum Gasteiger partial charge on any atom is 0.255 e. The number of hydrogen-bond donors (Lipinski definition) is 2. The van der Waals surface area contributed by atoms with Crippen LogP contribution >= 0.6 is 0 Å². The molecule has 0 aliphatic heterocycles. The maximum atomic E-state index is 12.4. The van der Waals surface area contributed by atoms with Crippen LogP contribution in [0.25, 0.3) is 0 Å². The van der Waals surface area contributed by atoms with Crippen molar-refractivity contribution in [3.8, 4) is 0 Å². The summed E-state index contributed by atoms with van der Waals surface area (Å²) in [6, 6.07) is 14.0. The first-order valence-electron chi connectivity index (χ1n) is 8.14. The average molecular weight is 366 g/mol. The smallest absolute Gasteiger partial charge is 0.255 e. The molecular weight excluding hydrogens is 348 g/mol. The number of tetrazole rings is 1. The van der Waals surface area contributed by atoms with Gasteiger partial charge >= 0.3 is 0 Å². The van der Waals surface area contributed by atoms with Gasteiger partial charge in [-0.25, -0.2) is 4.68 Å². The van der Waals surface area contributed by atoms with Crippen molar-refractivity contribution in [1.29, 1.82) is 0 Å². The van der Waals surface area contributed by atoms with Gasteiger partial charge in [0.1, 0.15) is 12.9 Å². The molecule has 1 heterocycles. The highest BCUT2D eigenvalue weighted by Gasteiger charge is 2.07. The second kappa shape index (κ2) is 8.68.